The monoisotopic (exact) mass is 238 g/mol. The smallest absolute Gasteiger partial charge is 0.0728 e. The van der Waals surface area contributed by atoms with Crippen molar-refractivity contribution in [3.63, 3.8) is 0 Å². The predicted molar refractivity (Wildman–Crippen MR) is 69.1 cm³/mol. The highest BCUT2D eigenvalue weighted by molar-refractivity contribution is 4.92. The minimum Gasteiger partial charge on any atom is -0.377 e. The molecular formula is C14H26N2O. The van der Waals surface area contributed by atoms with Gasteiger partial charge in [-0.15, -0.1) is 0 Å². The molecule has 3 aliphatic rings. The number of nitrogens with zero attached hydrogens (tertiary/aromatic N) is 1. The lowest BCUT2D eigenvalue weighted by atomic mass is 10.1. The molecule has 0 aromatic heterocycles. The van der Waals surface area contributed by atoms with Gasteiger partial charge in [-0.05, 0) is 58.0 Å². The minimum atomic E-state index is 0.493. The maximum absolute atomic E-state index is 5.86. The fraction of sp³-hybridized carbons (Fsp3) is 1.00. The summed E-state index contributed by atoms with van der Waals surface area (Å²) in [5, 5.41) is 3.74. The van der Waals surface area contributed by atoms with E-state index in [1.165, 1.54) is 51.7 Å². The fourth-order valence-electron chi connectivity index (χ4n) is 3.38. The molecule has 1 N–H and O–H groups in total. The quantitative estimate of drug-likeness (QED) is 0.809. The third-order valence-electron chi connectivity index (χ3n) is 4.73. The summed E-state index contributed by atoms with van der Waals surface area (Å²) in [4.78, 5) is 2.68. The van der Waals surface area contributed by atoms with Crippen LogP contribution in [0.2, 0.25) is 0 Å². The van der Waals surface area contributed by atoms with E-state index in [1.807, 2.05) is 0 Å². The number of ether oxygens (including phenoxy) is 1. The molecule has 3 heteroatoms. The van der Waals surface area contributed by atoms with Gasteiger partial charge in [0.1, 0.15) is 0 Å². The lowest BCUT2D eigenvalue weighted by Crippen LogP contribution is -2.46. The SMILES string of the molecule is CC(C1CCCO1)N1CCCNC(C2CC2)C1. The number of hydrogen-bond acceptors (Lipinski definition) is 3. The van der Waals surface area contributed by atoms with E-state index in [0.29, 0.717) is 12.1 Å². The number of hydrogen-bond donors (Lipinski definition) is 1. The van der Waals surface area contributed by atoms with Crippen molar-refractivity contribution >= 4 is 0 Å². The van der Waals surface area contributed by atoms with Crippen LogP contribution in [0.25, 0.3) is 0 Å². The first-order valence-corrected chi connectivity index (χ1v) is 7.43. The summed E-state index contributed by atoms with van der Waals surface area (Å²) in [5.74, 6) is 0.965. The Hall–Kier alpha value is -0.120. The van der Waals surface area contributed by atoms with Gasteiger partial charge in [-0.3, -0.25) is 4.90 Å². The molecule has 3 fully saturated rings. The maximum atomic E-state index is 5.86. The van der Waals surface area contributed by atoms with Crippen LogP contribution in [0.5, 0.6) is 0 Å². The molecule has 0 bridgehead atoms. The highest BCUT2D eigenvalue weighted by atomic mass is 16.5. The van der Waals surface area contributed by atoms with Crippen LogP contribution in [0, 0.1) is 5.92 Å². The van der Waals surface area contributed by atoms with Gasteiger partial charge < -0.3 is 10.1 Å². The van der Waals surface area contributed by atoms with E-state index in [0.717, 1.165) is 18.6 Å². The normalized spacial score (nSPS) is 37.9. The molecule has 3 rings (SSSR count). The third-order valence-corrected chi connectivity index (χ3v) is 4.73. The molecule has 0 amide bonds. The van der Waals surface area contributed by atoms with Crippen molar-refractivity contribution in [3.05, 3.63) is 0 Å². The van der Waals surface area contributed by atoms with Crippen molar-refractivity contribution in [2.75, 3.05) is 26.2 Å². The van der Waals surface area contributed by atoms with Gasteiger partial charge in [-0.2, -0.15) is 0 Å². The molecule has 0 radical (unpaired) electrons. The van der Waals surface area contributed by atoms with Crippen LogP contribution < -0.4 is 5.32 Å². The molecule has 0 spiro atoms. The van der Waals surface area contributed by atoms with Gasteiger partial charge >= 0.3 is 0 Å². The first-order valence-electron chi connectivity index (χ1n) is 7.43. The summed E-state index contributed by atoms with van der Waals surface area (Å²) in [6, 6.07) is 1.36. The summed E-state index contributed by atoms with van der Waals surface area (Å²) in [6.45, 7) is 7.04. The Morgan fingerprint density at radius 2 is 2.12 bits per heavy atom. The lowest BCUT2D eigenvalue weighted by molar-refractivity contribution is 0.0300. The van der Waals surface area contributed by atoms with Gasteiger partial charge in [-0.25, -0.2) is 0 Å². The maximum Gasteiger partial charge on any atom is 0.0728 e. The van der Waals surface area contributed by atoms with Crippen LogP contribution in [0.1, 0.15) is 39.0 Å². The molecule has 2 saturated heterocycles. The van der Waals surface area contributed by atoms with Crippen molar-refractivity contribution in [2.24, 2.45) is 5.92 Å². The van der Waals surface area contributed by atoms with Crippen molar-refractivity contribution in [1.82, 2.24) is 10.2 Å². The zero-order valence-electron chi connectivity index (χ0n) is 11.0. The third kappa shape index (κ3) is 2.83. The molecule has 3 nitrogen and oxygen atoms in total. The van der Waals surface area contributed by atoms with E-state index in [1.54, 1.807) is 0 Å². The Morgan fingerprint density at radius 1 is 1.24 bits per heavy atom. The van der Waals surface area contributed by atoms with Crippen LogP contribution >= 0.6 is 0 Å². The van der Waals surface area contributed by atoms with Gasteiger partial charge in [0.05, 0.1) is 6.10 Å². The first kappa shape index (κ1) is 11.9. The fourth-order valence-corrected chi connectivity index (χ4v) is 3.38. The van der Waals surface area contributed by atoms with Crippen LogP contribution in [0.15, 0.2) is 0 Å². The molecular weight excluding hydrogens is 212 g/mol. The highest BCUT2D eigenvalue weighted by Gasteiger charge is 2.36. The van der Waals surface area contributed by atoms with Crippen molar-refractivity contribution in [2.45, 2.75) is 57.2 Å². The zero-order valence-corrected chi connectivity index (χ0v) is 11.0. The van der Waals surface area contributed by atoms with Gasteiger partial charge in [0.2, 0.25) is 0 Å². The highest BCUT2D eigenvalue weighted by Crippen LogP contribution is 2.34. The molecule has 17 heavy (non-hydrogen) atoms. The van der Waals surface area contributed by atoms with E-state index >= 15 is 0 Å². The summed E-state index contributed by atoms with van der Waals surface area (Å²) >= 11 is 0. The van der Waals surface area contributed by atoms with Crippen molar-refractivity contribution < 1.29 is 4.74 Å². The minimum absolute atomic E-state index is 0.493. The summed E-state index contributed by atoms with van der Waals surface area (Å²) in [5.41, 5.74) is 0. The van der Waals surface area contributed by atoms with Gasteiger partial charge in [0.25, 0.3) is 0 Å². The Kier molecular flexibility index (Phi) is 3.69. The van der Waals surface area contributed by atoms with Crippen molar-refractivity contribution in [1.29, 1.82) is 0 Å². The Balaban J connectivity index is 1.59. The molecule has 2 heterocycles. The molecule has 3 unspecified atom stereocenters. The number of nitrogens with one attached hydrogen (secondary N) is 1. The second kappa shape index (κ2) is 5.25. The molecule has 2 aliphatic heterocycles. The van der Waals surface area contributed by atoms with E-state index < -0.39 is 0 Å². The van der Waals surface area contributed by atoms with Crippen LogP contribution in [0.3, 0.4) is 0 Å². The Labute approximate surface area is 105 Å². The number of rotatable bonds is 3. The Morgan fingerprint density at radius 3 is 2.82 bits per heavy atom. The molecule has 0 aromatic carbocycles. The van der Waals surface area contributed by atoms with E-state index in [-0.39, 0.29) is 0 Å². The average molecular weight is 238 g/mol. The van der Waals surface area contributed by atoms with Crippen LogP contribution in [0.4, 0.5) is 0 Å². The van der Waals surface area contributed by atoms with Gasteiger partial charge in [0, 0.05) is 25.2 Å². The first-order chi connectivity index (χ1) is 8.34. The molecule has 1 aliphatic carbocycles. The molecule has 0 aromatic rings. The summed E-state index contributed by atoms with van der Waals surface area (Å²) in [7, 11) is 0. The van der Waals surface area contributed by atoms with Gasteiger partial charge in [0.15, 0.2) is 0 Å². The van der Waals surface area contributed by atoms with Crippen LogP contribution in [-0.4, -0.2) is 49.3 Å². The predicted octanol–water partition coefficient (Wildman–Crippen LogP) is 1.63. The second-order valence-corrected chi connectivity index (χ2v) is 6.04. The van der Waals surface area contributed by atoms with E-state index in [2.05, 4.69) is 17.1 Å². The Bertz CT molecular complexity index is 249. The molecule has 98 valence electrons. The van der Waals surface area contributed by atoms with Gasteiger partial charge in [-0.1, -0.05) is 0 Å². The average Bonchev–Trinajstić information content (AvgIpc) is 3.08. The summed E-state index contributed by atoms with van der Waals surface area (Å²) in [6.07, 6.45) is 7.19. The second-order valence-electron chi connectivity index (χ2n) is 6.04. The van der Waals surface area contributed by atoms with Crippen LogP contribution in [-0.2, 0) is 4.74 Å². The largest absolute Gasteiger partial charge is 0.377 e. The van der Waals surface area contributed by atoms with Crippen molar-refractivity contribution in [3.8, 4) is 0 Å². The zero-order chi connectivity index (χ0) is 11.7. The topological polar surface area (TPSA) is 24.5 Å². The lowest BCUT2D eigenvalue weighted by Gasteiger charge is -2.33. The molecule has 3 atom stereocenters. The standard InChI is InChI=1S/C14H26N2O/c1-11(14-4-2-9-17-14)16-8-3-7-15-13(10-16)12-5-6-12/h11-15H,2-10H2,1H3. The molecule has 1 saturated carbocycles. The summed E-state index contributed by atoms with van der Waals surface area (Å²) < 4.78 is 5.86. The van der Waals surface area contributed by atoms with E-state index in [9.17, 15) is 0 Å². The van der Waals surface area contributed by atoms with E-state index in [4.69, 9.17) is 4.74 Å².